The van der Waals surface area contributed by atoms with Crippen molar-refractivity contribution in [1.29, 1.82) is 0 Å². The van der Waals surface area contributed by atoms with Gasteiger partial charge in [0, 0.05) is 11.1 Å². The lowest BCUT2D eigenvalue weighted by atomic mass is 10.0. The van der Waals surface area contributed by atoms with E-state index in [4.69, 9.17) is 13.8 Å². The molecule has 152 valence electrons. The summed E-state index contributed by atoms with van der Waals surface area (Å²) >= 11 is 0. The number of hydrogen-bond donors (Lipinski definition) is 0. The van der Waals surface area contributed by atoms with Crippen LogP contribution >= 0.6 is 0 Å². The second kappa shape index (κ2) is 7.01. The summed E-state index contributed by atoms with van der Waals surface area (Å²) in [6, 6.07) is 13.4. The summed E-state index contributed by atoms with van der Waals surface area (Å²) in [7, 11) is 0. The molecule has 1 aliphatic rings. The molecule has 2 aromatic carbocycles. The lowest BCUT2D eigenvalue weighted by Crippen LogP contribution is -2.08. The molecular formula is C21H14F3N3O3. The minimum absolute atomic E-state index is 0.132. The Morgan fingerprint density at radius 2 is 1.73 bits per heavy atom. The zero-order valence-corrected chi connectivity index (χ0v) is 15.4. The number of aromatic nitrogens is 3. The molecule has 30 heavy (non-hydrogen) atoms. The topological polar surface area (TPSA) is 74.2 Å². The van der Waals surface area contributed by atoms with Crippen molar-refractivity contribution in [3.05, 3.63) is 59.7 Å². The van der Waals surface area contributed by atoms with Crippen LogP contribution in [-0.2, 0) is 12.6 Å². The highest BCUT2D eigenvalue weighted by molar-refractivity contribution is 5.71. The number of fused-ring (bicyclic) bond motifs is 1. The van der Waals surface area contributed by atoms with E-state index >= 15 is 0 Å². The number of nitrogens with zero attached hydrogens (tertiary/aromatic N) is 3. The van der Waals surface area contributed by atoms with Crippen LogP contribution in [0.25, 0.3) is 34.3 Å². The Bertz CT molecular complexity index is 1200. The van der Waals surface area contributed by atoms with E-state index < -0.39 is 23.4 Å². The lowest BCUT2D eigenvalue weighted by molar-refractivity contribution is -0.136. The lowest BCUT2D eigenvalue weighted by Gasteiger charge is -2.17. The van der Waals surface area contributed by atoms with Crippen LogP contribution in [0.4, 0.5) is 13.2 Å². The average Bonchev–Trinajstić information content (AvgIpc) is 3.41. The maximum Gasteiger partial charge on any atom is 0.422 e. The Hall–Kier alpha value is -3.62. The summed E-state index contributed by atoms with van der Waals surface area (Å²) in [5.41, 5.74) is 0.516. The van der Waals surface area contributed by atoms with Crippen LogP contribution in [-0.4, -0.2) is 21.9 Å². The molecule has 0 fully saturated rings. The van der Waals surface area contributed by atoms with Gasteiger partial charge in [-0.05, 0) is 24.5 Å². The molecule has 0 saturated heterocycles. The number of benzene rings is 2. The summed E-state index contributed by atoms with van der Waals surface area (Å²) in [4.78, 5) is 4.11. The highest BCUT2D eigenvalue weighted by Gasteiger charge is 2.42. The van der Waals surface area contributed by atoms with Crippen LogP contribution in [0.2, 0.25) is 0 Å². The van der Waals surface area contributed by atoms with Gasteiger partial charge in [-0.15, -0.1) is 0 Å². The van der Waals surface area contributed by atoms with Crippen LogP contribution in [0.1, 0.15) is 17.5 Å². The predicted molar refractivity (Wildman–Crippen MR) is 99.5 cm³/mol. The van der Waals surface area contributed by atoms with Gasteiger partial charge >= 0.3 is 6.18 Å². The minimum Gasteiger partial charge on any atom is -0.493 e. The Morgan fingerprint density at radius 3 is 2.53 bits per heavy atom. The third-order valence-corrected chi connectivity index (χ3v) is 4.82. The molecule has 0 radical (unpaired) electrons. The summed E-state index contributed by atoms with van der Waals surface area (Å²) < 4.78 is 57.2. The fraction of sp³-hybridized carbons (Fsp3) is 0.190. The summed E-state index contributed by atoms with van der Waals surface area (Å²) in [6.07, 6.45) is -2.88. The SMILES string of the molecule is FC(F)(F)c1c(-c2ccccc2)noc1-c1nc(-c2ccc3c(c2)OCCC3)no1. The minimum atomic E-state index is -4.73. The molecule has 0 unspecified atom stereocenters. The summed E-state index contributed by atoms with van der Waals surface area (Å²) in [5.74, 6) is -0.167. The van der Waals surface area contributed by atoms with Crippen molar-refractivity contribution in [3.63, 3.8) is 0 Å². The molecule has 2 aromatic heterocycles. The van der Waals surface area contributed by atoms with Gasteiger partial charge in [0.1, 0.15) is 17.0 Å². The predicted octanol–water partition coefficient (Wildman–Crippen LogP) is 5.40. The van der Waals surface area contributed by atoms with Crippen molar-refractivity contribution in [2.24, 2.45) is 0 Å². The third-order valence-electron chi connectivity index (χ3n) is 4.82. The summed E-state index contributed by atoms with van der Waals surface area (Å²) in [6.45, 7) is 0.614. The van der Waals surface area contributed by atoms with Gasteiger partial charge in [-0.3, -0.25) is 0 Å². The van der Waals surface area contributed by atoms with E-state index in [-0.39, 0.29) is 17.1 Å². The van der Waals surface area contributed by atoms with Crippen LogP contribution in [0, 0.1) is 0 Å². The van der Waals surface area contributed by atoms with E-state index in [2.05, 4.69) is 15.3 Å². The molecule has 1 aliphatic heterocycles. The number of ether oxygens (including phenoxy) is 1. The van der Waals surface area contributed by atoms with E-state index in [9.17, 15) is 13.2 Å². The second-order valence-corrected chi connectivity index (χ2v) is 6.80. The number of halogens is 3. The Labute approximate surface area is 168 Å². The Morgan fingerprint density at radius 1 is 0.900 bits per heavy atom. The van der Waals surface area contributed by atoms with Gasteiger partial charge in [-0.1, -0.05) is 52.8 Å². The molecule has 6 nitrogen and oxygen atoms in total. The molecule has 0 N–H and O–H groups in total. The first-order valence-electron chi connectivity index (χ1n) is 9.23. The van der Waals surface area contributed by atoms with Gasteiger partial charge in [0.05, 0.1) is 6.61 Å². The normalized spacial score (nSPS) is 13.7. The highest BCUT2D eigenvalue weighted by Crippen LogP contribution is 2.43. The zero-order valence-electron chi connectivity index (χ0n) is 15.4. The van der Waals surface area contributed by atoms with Gasteiger partial charge in [-0.25, -0.2) is 0 Å². The largest absolute Gasteiger partial charge is 0.493 e. The molecule has 9 heteroatoms. The summed E-state index contributed by atoms with van der Waals surface area (Å²) in [5, 5.41) is 7.45. The molecule has 4 aromatic rings. The van der Waals surface area contributed by atoms with Gasteiger partial charge in [0.15, 0.2) is 0 Å². The average molecular weight is 413 g/mol. The second-order valence-electron chi connectivity index (χ2n) is 6.80. The van der Waals surface area contributed by atoms with E-state index in [1.165, 1.54) is 12.1 Å². The Balaban J connectivity index is 1.56. The van der Waals surface area contributed by atoms with E-state index in [0.29, 0.717) is 17.9 Å². The van der Waals surface area contributed by atoms with Gasteiger partial charge in [0.2, 0.25) is 11.6 Å². The molecule has 0 aliphatic carbocycles. The van der Waals surface area contributed by atoms with Crippen LogP contribution in [0.15, 0.2) is 57.6 Å². The maximum absolute atomic E-state index is 13.8. The monoisotopic (exact) mass is 413 g/mol. The van der Waals surface area contributed by atoms with Gasteiger partial charge in [0.25, 0.3) is 5.89 Å². The van der Waals surface area contributed by atoms with Crippen molar-refractivity contribution in [3.8, 4) is 40.0 Å². The van der Waals surface area contributed by atoms with E-state index in [1.54, 1.807) is 30.3 Å². The van der Waals surface area contributed by atoms with Crippen molar-refractivity contribution in [2.75, 3.05) is 6.61 Å². The van der Waals surface area contributed by atoms with Crippen molar-refractivity contribution in [1.82, 2.24) is 15.3 Å². The standard InChI is InChI=1S/C21H14F3N3O3/c22-21(23,24)16-17(13-5-2-1-3-6-13)26-29-18(16)20-25-19(27-30-20)14-9-8-12-7-4-10-28-15(12)11-14/h1-3,5-6,8-9,11H,4,7,10H2. The molecule has 5 rings (SSSR count). The van der Waals surface area contributed by atoms with Crippen LogP contribution < -0.4 is 4.74 Å². The zero-order chi connectivity index (χ0) is 20.7. The molecular weight excluding hydrogens is 399 g/mol. The van der Waals surface area contributed by atoms with Crippen LogP contribution in [0.5, 0.6) is 5.75 Å². The highest BCUT2D eigenvalue weighted by atomic mass is 19.4. The quantitative estimate of drug-likeness (QED) is 0.448. The Kier molecular flexibility index (Phi) is 4.30. The third kappa shape index (κ3) is 3.22. The molecule has 0 bridgehead atoms. The molecule has 0 amide bonds. The molecule has 0 spiro atoms. The number of rotatable bonds is 3. The number of aryl methyl sites for hydroxylation is 1. The molecule has 3 heterocycles. The van der Waals surface area contributed by atoms with Crippen molar-refractivity contribution in [2.45, 2.75) is 19.0 Å². The number of hydrogen-bond acceptors (Lipinski definition) is 6. The van der Waals surface area contributed by atoms with E-state index in [0.717, 1.165) is 18.4 Å². The van der Waals surface area contributed by atoms with Crippen molar-refractivity contribution < 1.29 is 27.0 Å². The molecule has 0 atom stereocenters. The molecule has 0 saturated carbocycles. The van der Waals surface area contributed by atoms with Gasteiger partial charge in [-0.2, -0.15) is 18.2 Å². The smallest absolute Gasteiger partial charge is 0.422 e. The first-order chi connectivity index (χ1) is 14.5. The fourth-order valence-corrected chi connectivity index (χ4v) is 3.40. The van der Waals surface area contributed by atoms with Crippen molar-refractivity contribution >= 4 is 0 Å². The van der Waals surface area contributed by atoms with E-state index in [1.807, 2.05) is 6.07 Å². The fourth-order valence-electron chi connectivity index (χ4n) is 3.40. The first-order valence-corrected chi connectivity index (χ1v) is 9.23. The number of alkyl halides is 3. The first kappa shape index (κ1) is 18.4. The maximum atomic E-state index is 13.8. The van der Waals surface area contributed by atoms with Gasteiger partial charge < -0.3 is 13.8 Å². The van der Waals surface area contributed by atoms with Crippen LogP contribution in [0.3, 0.4) is 0 Å².